The predicted octanol–water partition coefficient (Wildman–Crippen LogP) is 2.21. The normalized spacial score (nSPS) is 17.5. The van der Waals surface area contributed by atoms with Gasteiger partial charge in [0.25, 0.3) is 0 Å². The smallest absolute Gasteiger partial charge is 0.320 e. The lowest BCUT2D eigenvalue weighted by atomic mass is 10.1. The van der Waals surface area contributed by atoms with E-state index in [2.05, 4.69) is 15.3 Å². The number of nitrogens with one attached hydrogen (secondary N) is 1. The van der Waals surface area contributed by atoms with E-state index in [0.29, 0.717) is 59.0 Å². The number of alkyl halides is 1. The number of nitrogens with zero attached hydrogens (tertiary/aromatic N) is 6. The molecule has 0 unspecified atom stereocenters. The summed E-state index contributed by atoms with van der Waals surface area (Å²) >= 11 is 0. The largest absolute Gasteiger partial charge is 0.492 e. The molecule has 2 aromatic heterocycles. The molecule has 10 heteroatoms. The van der Waals surface area contributed by atoms with Gasteiger partial charge in [-0.25, -0.2) is 18.7 Å². The molecule has 1 aromatic carbocycles. The van der Waals surface area contributed by atoms with Crippen molar-refractivity contribution < 1.29 is 13.9 Å². The van der Waals surface area contributed by atoms with Crippen LogP contribution in [0.15, 0.2) is 42.7 Å². The van der Waals surface area contributed by atoms with Crippen LogP contribution in [0.25, 0.3) is 16.8 Å². The van der Waals surface area contributed by atoms with E-state index in [1.807, 2.05) is 52.5 Å². The highest BCUT2D eigenvalue weighted by Gasteiger charge is 2.25. The second-order valence-corrected chi connectivity index (χ2v) is 8.23. The third-order valence-electron chi connectivity index (χ3n) is 6.15. The zero-order chi connectivity index (χ0) is 22.6. The Morgan fingerprint density at radius 1 is 1.09 bits per heavy atom. The molecule has 9 nitrogen and oxygen atoms in total. The molecule has 0 spiro atoms. The number of piperazine rings is 1. The molecule has 2 amide bonds. The first-order valence-electron chi connectivity index (χ1n) is 11.3. The van der Waals surface area contributed by atoms with Crippen molar-refractivity contribution >= 4 is 17.5 Å². The van der Waals surface area contributed by atoms with Gasteiger partial charge in [0.1, 0.15) is 24.8 Å². The number of urea groups is 1. The molecule has 33 heavy (non-hydrogen) atoms. The third-order valence-corrected chi connectivity index (χ3v) is 6.15. The Kier molecular flexibility index (Phi) is 6.25. The van der Waals surface area contributed by atoms with Gasteiger partial charge >= 0.3 is 6.03 Å². The lowest BCUT2D eigenvalue weighted by Gasteiger charge is -2.37. The van der Waals surface area contributed by atoms with Gasteiger partial charge in [0.15, 0.2) is 5.65 Å². The second-order valence-electron chi connectivity index (χ2n) is 8.23. The number of carbonyl (C=O) groups is 1. The SMILES string of the molecule is O=C(N1CCNc2ccn3ncc(c3n2)-c2cccc(c2)OCC1)N1CCN(CCF)CC1. The number of carbonyl (C=O) groups excluding carboxylic acids is 1. The van der Waals surface area contributed by atoms with Crippen molar-refractivity contribution in [3.63, 3.8) is 0 Å². The molecule has 1 N–H and O–H groups in total. The van der Waals surface area contributed by atoms with Gasteiger partial charge in [0, 0.05) is 57.6 Å². The highest BCUT2D eigenvalue weighted by molar-refractivity contribution is 5.78. The van der Waals surface area contributed by atoms with Gasteiger partial charge in [-0.3, -0.25) is 4.90 Å². The van der Waals surface area contributed by atoms with Crippen molar-refractivity contribution in [1.82, 2.24) is 29.3 Å². The summed E-state index contributed by atoms with van der Waals surface area (Å²) in [4.78, 5) is 23.7. The zero-order valence-corrected chi connectivity index (χ0v) is 18.5. The summed E-state index contributed by atoms with van der Waals surface area (Å²) in [6.07, 6.45) is 3.69. The summed E-state index contributed by atoms with van der Waals surface area (Å²) in [7, 11) is 0. The summed E-state index contributed by atoms with van der Waals surface area (Å²) in [5, 5.41) is 7.75. The Hall–Kier alpha value is -3.40. The van der Waals surface area contributed by atoms with Gasteiger partial charge in [0.2, 0.25) is 0 Å². The van der Waals surface area contributed by atoms with Crippen LogP contribution in [0, 0.1) is 0 Å². The van der Waals surface area contributed by atoms with Crippen molar-refractivity contribution in [2.75, 3.05) is 71.0 Å². The fourth-order valence-corrected chi connectivity index (χ4v) is 4.30. The number of amides is 2. The lowest BCUT2D eigenvalue weighted by molar-refractivity contribution is 0.106. The minimum absolute atomic E-state index is 0.0115. The summed E-state index contributed by atoms with van der Waals surface area (Å²) in [5.74, 6) is 1.48. The maximum atomic E-state index is 13.2. The van der Waals surface area contributed by atoms with E-state index in [9.17, 15) is 9.18 Å². The maximum absolute atomic E-state index is 13.2. The molecule has 1 fully saturated rings. The van der Waals surface area contributed by atoms with Gasteiger partial charge in [-0.05, 0) is 23.8 Å². The molecule has 2 aliphatic rings. The lowest BCUT2D eigenvalue weighted by Crippen LogP contribution is -2.54. The predicted molar refractivity (Wildman–Crippen MR) is 123 cm³/mol. The Labute approximate surface area is 191 Å². The number of halogens is 1. The molecular formula is C23H28FN7O2. The molecule has 3 aromatic rings. The fraction of sp³-hybridized carbons (Fsp3) is 0.435. The van der Waals surface area contributed by atoms with Crippen LogP contribution in [0.3, 0.4) is 0 Å². The minimum atomic E-state index is -0.356. The van der Waals surface area contributed by atoms with E-state index in [0.717, 1.165) is 28.3 Å². The van der Waals surface area contributed by atoms with Crippen LogP contribution in [0.1, 0.15) is 0 Å². The van der Waals surface area contributed by atoms with Crippen LogP contribution < -0.4 is 10.1 Å². The molecule has 0 saturated carbocycles. The fourth-order valence-electron chi connectivity index (χ4n) is 4.30. The summed E-state index contributed by atoms with van der Waals surface area (Å²) in [5.41, 5.74) is 2.67. The molecule has 2 aliphatic heterocycles. The van der Waals surface area contributed by atoms with Gasteiger partial charge < -0.3 is 19.9 Å². The van der Waals surface area contributed by atoms with E-state index in [-0.39, 0.29) is 12.7 Å². The Morgan fingerprint density at radius 3 is 2.79 bits per heavy atom. The van der Waals surface area contributed by atoms with E-state index >= 15 is 0 Å². The Balaban J connectivity index is 1.35. The van der Waals surface area contributed by atoms with Gasteiger partial charge in [-0.15, -0.1) is 0 Å². The standard InChI is InChI=1S/C23H28FN7O2/c24-5-8-28-10-12-30(13-11-28)23(32)29-9-6-25-21-4-7-31-22(27-21)20(17-26-31)18-2-1-3-19(16-18)33-15-14-29/h1-4,7,16-17H,5-6,8-15H2,(H,25,27). The summed E-state index contributed by atoms with van der Waals surface area (Å²) < 4.78 is 20.4. The molecule has 5 rings (SSSR count). The van der Waals surface area contributed by atoms with Crippen LogP contribution in [0.4, 0.5) is 15.0 Å². The second kappa shape index (κ2) is 9.62. The van der Waals surface area contributed by atoms with Crippen LogP contribution in [0.2, 0.25) is 0 Å². The van der Waals surface area contributed by atoms with Crippen molar-refractivity contribution in [1.29, 1.82) is 0 Å². The molecule has 4 heterocycles. The highest BCUT2D eigenvalue weighted by Crippen LogP contribution is 2.27. The molecule has 0 aliphatic carbocycles. The van der Waals surface area contributed by atoms with Crippen molar-refractivity contribution in [2.24, 2.45) is 0 Å². The zero-order valence-electron chi connectivity index (χ0n) is 18.5. The number of hydrogen-bond acceptors (Lipinski definition) is 6. The number of anilines is 1. The van der Waals surface area contributed by atoms with Crippen molar-refractivity contribution in [2.45, 2.75) is 0 Å². The number of ether oxygens (including phenoxy) is 1. The number of rotatable bonds is 2. The average molecular weight is 454 g/mol. The molecular weight excluding hydrogens is 425 g/mol. The van der Waals surface area contributed by atoms with Gasteiger partial charge in [-0.1, -0.05) is 12.1 Å². The first-order valence-corrected chi connectivity index (χ1v) is 11.3. The Bertz CT molecular complexity index is 1110. The number of aromatic nitrogens is 3. The first kappa shape index (κ1) is 21.4. The quantitative estimate of drug-likeness (QED) is 0.641. The molecule has 174 valence electrons. The van der Waals surface area contributed by atoms with Gasteiger partial charge in [-0.2, -0.15) is 5.10 Å². The Morgan fingerprint density at radius 2 is 1.94 bits per heavy atom. The van der Waals surface area contributed by atoms with Crippen LogP contribution in [0.5, 0.6) is 5.75 Å². The van der Waals surface area contributed by atoms with Crippen LogP contribution in [-0.4, -0.2) is 101 Å². The third kappa shape index (κ3) is 4.70. The maximum Gasteiger partial charge on any atom is 0.320 e. The summed E-state index contributed by atoms with van der Waals surface area (Å²) in [6.45, 7) is 4.62. The average Bonchev–Trinajstić information content (AvgIpc) is 3.26. The topological polar surface area (TPSA) is 78.2 Å². The van der Waals surface area contributed by atoms with Crippen molar-refractivity contribution in [3.8, 4) is 16.9 Å². The van der Waals surface area contributed by atoms with E-state index in [1.54, 1.807) is 4.52 Å². The number of fused-ring (bicyclic) bond motifs is 4. The van der Waals surface area contributed by atoms with E-state index in [1.165, 1.54) is 0 Å². The van der Waals surface area contributed by atoms with Crippen LogP contribution in [-0.2, 0) is 0 Å². The van der Waals surface area contributed by atoms with E-state index < -0.39 is 0 Å². The first-order chi connectivity index (χ1) is 16.2. The molecule has 0 radical (unpaired) electrons. The molecule has 4 bridgehead atoms. The highest BCUT2D eigenvalue weighted by atomic mass is 19.1. The molecule has 0 atom stereocenters. The summed E-state index contributed by atoms with van der Waals surface area (Å²) in [6, 6.07) is 9.71. The number of hydrogen-bond donors (Lipinski definition) is 1. The van der Waals surface area contributed by atoms with Gasteiger partial charge in [0.05, 0.1) is 12.7 Å². The molecule has 1 saturated heterocycles. The number of benzene rings is 1. The van der Waals surface area contributed by atoms with E-state index in [4.69, 9.17) is 9.72 Å². The van der Waals surface area contributed by atoms with Crippen LogP contribution >= 0.6 is 0 Å². The monoisotopic (exact) mass is 453 g/mol. The van der Waals surface area contributed by atoms with Crippen molar-refractivity contribution in [3.05, 3.63) is 42.7 Å². The minimum Gasteiger partial charge on any atom is -0.492 e.